The van der Waals surface area contributed by atoms with Crippen LogP contribution in [-0.2, 0) is 6.18 Å². The van der Waals surface area contributed by atoms with Gasteiger partial charge in [-0.1, -0.05) is 0 Å². The van der Waals surface area contributed by atoms with Gasteiger partial charge in [0.1, 0.15) is 11.4 Å². The first-order valence-electron chi connectivity index (χ1n) is 9.10. The highest BCUT2D eigenvalue weighted by Crippen LogP contribution is 2.40. The SMILES string of the molecule is CNCCCNC(=O)Nc1cc(F)c(Oc2ccnc3[nH]cc(C(F)(F)F)c23)c(F)c1. The second-order valence-electron chi connectivity index (χ2n) is 6.44. The topological polar surface area (TPSA) is 91.1 Å². The van der Waals surface area contributed by atoms with Crippen molar-refractivity contribution in [2.45, 2.75) is 12.6 Å². The molecule has 3 aromatic rings. The minimum Gasteiger partial charge on any atom is -0.450 e. The maximum atomic E-state index is 14.5. The number of aromatic nitrogens is 2. The first-order chi connectivity index (χ1) is 14.7. The highest BCUT2D eigenvalue weighted by molar-refractivity contribution is 5.89. The average molecular weight is 443 g/mol. The van der Waals surface area contributed by atoms with Crippen LogP contribution in [0.15, 0.2) is 30.6 Å². The molecule has 2 amide bonds. The number of pyridine rings is 1. The van der Waals surface area contributed by atoms with Crippen LogP contribution in [0.5, 0.6) is 11.5 Å². The van der Waals surface area contributed by atoms with Crippen molar-refractivity contribution in [1.29, 1.82) is 0 Å². The minimum atomic E-state index is -4.73. The zero-order valence-electron chi connectivity index (χ0n) is 16.2. The fraction of sp³-hybridized carbons (Fsp3) is 0.263. The van der Waals surface area contributed by atoms with Crippen LogP contribution < -0.4 is 20.7 Å². The molecular formula is C19H18F5N5O2. The van der Waals surface area contributed by atoms with Crippen LogP contribution in [-0.4, -0.2) is 36.1 Å². The summed E-state index contributed by atoms with van der Waals surface area (Å²) in [6, 6.07) is 1.99. The molecule has 0 spiro atoms. The average Bonchev–Trinajstić information content (AvgIpc) is 3.13. The third-order valence-corrected chi connectivity index (χ3v) is 4.20. The number of amides is 2. The number of nitrogens with zero attached hydrogens (tertiary/aromatic N) is 1. The van der Waals surface area contributed by atoms with Gasteiger partial charge in [-0.25, -0.2) is 18.6 Å². The lowest BCUT2D eigenvalue weighted by Gasteiger charge is -2.13. The molecule has 3 rings (SSSR count). The molecule has 1 aromatic carbocycles. The van der Waals surface area contributed by atoms with Gasteiger partial charge in [-0.15, -0.1) is 0 Å². The van der Waals surface area contributed by atoms with Crippen LogP contribution in [0.1, 0.15) is 12.0 Å². The number of H-pyrrole nitrogens is 1. The molecule has 0 aliphatic heterocycles. The smallest absolute Gasteiger partial charge is 0.418 e. The van der Waals surface area contributed by atoms with Gasteiger partial charge in [0, 0.05) is 36.8 Å². The molecule has 0 aliphatic carbocycles. The zero-order valence-corrected chi connectivity index (χ0v) is 16.2. The normalized spacial score (nSPS) is 11.5. The van der Waals surface area contributed by atoms with E-state index in [4.69, 9.17) is 4.74 Å². The van der Waals surface area contributed by atoms with Crippen molar-refractivity contribution < 1.29 is 31.5 Å². The number of carbonyl (C=O) groups is 1. The van der Waals surface area contributed by atoms with Gasteiger partial charge < -0.3 is 25.7 Å². The molecule has 166 valence electrons. The molecular weight excluding hydrogens is 425 g/mol. The number of fused-ring (bicyclic) bond motifs is 1. The van der Waals surface area contributed by atoms with E-state index in [9.17, 15) is 26.7 Å². The largest absolute Gasteiger partial charge is 0.450 e. The lowest BCUT2D eigenvalue weighted by Crippen LogP contribution is -2.30. The van der Waals surface area contributed by atoms with E-state index in [1.54, 1.807) is 7.05 Å². The third kappa shape index (κ3) is 5.20. The standard InChI is InChI=1S/C19H18F5N5O2/c1-25-4-2-5-27-18(30)29-10-7-12(20)16(13(21)8-10)31-14-3-6-26-17-15(14)11(9-28-17)19(22,23)24/h3,6-9,25H,2,4-5H2,1H3,(H,26,28)(H2,27,29,30). The number of carbonyl (C=O) groups excluding carboxylic acids is 1. The quantitative estimate of drug-likeness (QED) is 0.322. The van der Waals surface area contributed by atoms with Crippen LogP contribution in [0.3, 0.4) is 0 Å². The molecule has 12 heteroatoms. The number of benzene rings is 1. The van der Waals surface area contributed by atoms with Crippen LogP contribution in [0.25, 0.3) is 11.0 Å². The van der Waals surface area contributed by atoms with E-state index in [0.29, 0.717) is 25.7 Å². The van der Waals surface area contributed by atoms with Gasteiger partial charge in [0.05, 0.1) is 10.9 Å². The monoisotopic (exact) mass is 443 g/mol. The molecule has 2 aromatic heterocycles. The number of nitrogens with one attached hydrogen (secondary N) is 4. The fourth-order valence-electron chi connectivity index (χ4n) is 2.82. The van der Waals surface area contributed by atoms with E-state index in [2.05, 4.69) is 25.9 Å². The number of hydrogen-bond acceptors (Lipinski definition) is 4. The van der Waals surface area contributed by atoms with Gasteiger partial charge in [0.25, 0.3) is 0 Å². The van der Waals surface area contributed by atoms with Crippen molar-refractivity contribution in [3.63, 3.8) is 0 Å². The van der Waals surface area contributed by atoms with Gasteiger partial charge in [0.2, 0.25) is 0 Å². The Morgan fingerprint density at radius 3 is 2.55 bits per heavy atom. The maximum absolute atomic E-state index is 14.5. The van der Waals surface area contributed by atoms with Crippen LogP contribution >= 0.6 is 0 Å². The number of urea groups is 1. The summed E-state index contributed by atoms with van der Waals surface area (Å²) in [5.41, 5.74) is -1.43. The number of hydrogen-bond donors (Lipinski definition) is 4. The Balaban J connectivity index is 1.82. The van der Waals surface area contributed by atoms with E-state index < -0.39 is 46.3 Å². The molecule has 0 atom stereocenters. The molecule has 7 nitrogen and oxygen atoms in total. The van der Waals surface area contributed by atoms with E-state index in [1.807, 2.05) is 0 Å². The number of aromatic amines is 1. The van der Waals surface area contributed by atoms with Gasteiger partial charge >= 0.3 is 12.2 Å². The second kappa shape index (κ2) is 9.16. The molecule has 2 heterocycles. The Morgan fingerprint density at radius 1 is 1.19 bits per heavy atom. The van der Waals surface area contributed by atoms with Gasteiger partial charge in [0.15, 0.2) is 17.4 Å². The van der Waals surface area contributed by atoms with Gasteiger partial charge in [-0.05, 0) is 26.1 Å². The number of halogens is 5. The van der Waals surface area contributed by atoms with Crippen molar-refractivity contribution in [3.8, 4) is 11.5 Å². The number of alkyl halides is 3. The summed E-state index contributed by atoms with van der Waals surface area (Å²) in [5.74, 6) is -3.76. The Kier molecular flexibility index (Phi) is 6.59. The summed E-state index contributed by atoms with van der Waals surface area (Å²) in [7, 11) is 1.76. The first-order valence-corrected chi connectivity index (χ1v) is 9.10. The van der Waals surface area contributed by atoms with Crippen molar-refractivity contribution in [1.82, 2.24) is 20.6 Å². The number of ether oxygens (including phenoxy) is 1. The predicted molar refractivity (Wildman–Crippen MR) is 103 cm³/mol. The minimum absolute atomic E-state index is 0.154. The fourth-order valence-corrected chi connectivity index (χ4v) is 2.82. The second-order valence-corrected chi connectivity index (χ2v) is 6.44. The van der Waals surface area contributed by atoms with Gasteiger partial charge in [-0.3, -0.25) is 0 Å². The molecule has 31 heavy (non-hydrogen) atoms. The molecule has 4 N–H and O–H groups in total. The Hall–Kier alpha value is -3.41. The number of rotatable bonds is 7. The molecule has 0 radical (unpaired) electrons. The highest BCUT2D eigenvalue weighted by atomic mass is 19.4. The summed E-state index contributed by atoms with van der Waals surface area (Å²) in [5, 5.41) is 7.23. The van der Waals surface area contributed by atoms with E-state index in [1.165, 1.54) is 0 Å². The van der Waals surface area contributed by atoms with Crippen LogP contribution in [0.4, 0.5) is 32.4 Å². The van der Waals surface area contributed by atoms with Crippen molar-refractivity contribution in [2.24, 2.45) is 0 Å². The predicted octanol–water partition coefficient (Wildman–Crippen LogP) is 4.38. The van der Waals surface area contributed by atoms with Crippen LogP contribution in [0.2, 0.25) is 0 Å². The maximum Gasteiger partial charge on any atom is 0.418 e. The summed E-state index contributed by atoms with van der Waals surface area (Å²) in [4.78, 5) is 17.9. The summed E-state index contributed by atoms with van der Waals surface area (Å²) < 4.78 is 73.8. The van der Waals surface area contributed by atoms with Crippen molar-refractivity contribution in [3.05, 3.63) is 47.8 Å². The van der Waals surface area contributed by atoms with Crippen molar-refractivity contribution >= 4 is 22.8 Å². The molecule has 0 unspecified atom stereocenters. The summed E-state index contributed by atoms with van der Waals surface area (Å²) in [6.45, 7) is 1.02. The Bertz CT molecular complexity index is 1060. The lowest BCUT2D eigenvalue weighted by atomic mass is 10.2. The Morgan fingerprint density at radius 2 is 1.90 bits per heavy atom. The molecule has 0 aliphatic rings. The molecule has 0 saturated carbocycles. The Labute approximate surface area is 173 Å². The lowest BCUT2D eigenvalue weighted by molar-refractivity contribution is -0.136. The summed E-state index contributed by atoms with van der Waals surface area (Å²) in [6.07, 6.45) is -2.25. The van der Waals surface area contributed by atoms with E-state index in [-0.39, 0.29) is 11.3 Å². The van der Waals surface area contributed by atoms with E-state index in [0.717, 1.165) is 24.4 Å². The molecule has 0 bridgehead atoms. The van der Waals surface area contributed by atoms with E-state index >= 15 is 0 Å². The molecule has 0 saturated heterocycles. The zero-order chi connectivity index (χ0) is 22.6. The highest BCUT2D eigenvalue weighted by Gasteiger charge is 2.35. The van der Waals surface area contributed by atoms with Crippen molar-refractivity contribution in [2.75, 3.05) is 25.5 Å². The van der Waals surface area contributed by atoms with Gasteiger partial charge in [-0.2, -0.15) is 13.2 Å². The first kappa shape index (κ1) is 22.3. The number of anilines is 1. The van der Waals surface area contributed by atoms with Crippen LogP contribution in [0, 0.1) is 11.6 Å². The summed E-state index contributed by atoms with van der Waals surface area (Å²) >= 11 is 0. The molecule has 0 fully saturated rings. The third-order valence-electron chi connectivity index (χ3n) is 4.20.